The molecule has 0 aliphatic carbocycles. The zero-order valence-electron chi connectivity index (χ0n) is 13.2. The van der Waals surface area contributed by atoms with E-state index in [1.807, 2.05) is 0 Å². The molecule has 0 heterocycles. The van der Waals surface area contributed by atoms with Crippen molar-refractivity contribution in [2.24, 2.45) is 0 Å². The van der Waals surface area contributed by atoms with Gasteiger partial charge in [-0.05, 0) is 73.7 Å². The van der Waals surface area contributed by atoms with Crippen molar-refractivity contribution < 1.29 is 23.1 Å². The lowest BCUT2D eigenvalue weighted by Crippen LogP contribution is -2.19. The third-order valence-corrected chi connectivity index (χ3v) is 5.79. The van der Waals surface area contributed by atoms with Crippen LogP contribution in [0.15, 0.2) is 45.4 Å². The number of hydrogen-bond donors (Lipinski definition) is 1. The number of halogens is 6. The fourth-order valence-corrected chi connectivity index (χ4v) is 3.73. The number of rotatable bonds is 4. The molecule has 8 heteroatoms. The molecular formula is C18H12Br2ClF3O2. The number of aromatic carboxylic acids is 1. The molecule has 0 amide bonds. The number of hydrogen-bond acceptors (Lipinski definition) is 1. The van der Waals surface area contributed by atoms with E-state index >= 15 is 0 Å². The summed E-state index contributed by atoms with van der Waals surface area (Å²) in [6.07, 6.45) is -2.14. The second kappa shape index (κ2) is 8.15. The van der Waals surface area contributed by atoms with Gasteiger partial charge in [-0.2, -0.15) is 13.2 Å². The molecule has 0 fully saturated rings. The minimum Gasteiger partial charge on any atom is -0.478 e. The topological polar surface area (TPSA) is 37.3 Å². The SMILES string of the molecule is Cc1cc(/C=C/C(c2cc(Br)c(Cl)c(Br)c2)C(F)(F)F)ccc1C(=O)O. The Hall–Kier alpha value is -1.31. The number of carboxylic acid groups (broad SMARTS) is 1. The van der Waals surface area contributed by atoms with Crippen LogP contribution in [0.3, 0.4) is 0 Å². The molecule has 0 aliphatic rings. The van der Waals surface area contributed by atoms with Crippen molar-refractivity contribution in [3.05, 3.63) is 72.6 Å². The zero-order chi connectivity index (χ0) is 19.6. The van der Waals surface area contributed by atoms with Crippen LogP contribution in [0.4, 0.5) is 13.2 Å². The van der Waals surface area contributed by atoms with Gasteiger partial charge in [-0.1, -0.05) is 35.9 Å². The van der Waals surface area contributed by atoms with Crippen molar-refractivity contribution >= 4 is 55.5 Å². The third kappa shape index (κ3) is 4.90. The lowest BCUT2D eigenvalue weighted by molar-refractivity contribution is -0.139. The van der Waals surface area contributed by atoms with Gasteiger partial charge in [-0.15, -0.1) is 0 Å². The number of alkyl halides is 3. The van der Waals surface area contributed by atoms with E-state index in [-0.39, 0.29) is 11.1 Å². The third-order valence-electron chi connectivity index (χ3n) is 3.68. The summed E-state index contributed by atoms with van der Waals surface area (Å²) in [6.45, 7) is 1.59. The summed E-state index contributed by atoms with van der Waals surface area (Å²) >= 11 is 12.3. The molecule has 1 N–H and O–H groups in total. The molecule has 0 saturated heterocycles. The number of benzene rings is 2. The average molecular weight is 513 g/mol. The van der Waals surface area contributed by atoms with Crippen LogP contribution in [-0.4, -0.2) is 17.3 Å². The summed E-state index contributed by atoms with van der Waals surface area (Å²) in [5.74, 6) is -2.92. The summed E-state index contributed by atoms with van der Waals surface area (Å²) in [6, 6.07) is 7.02. The minimum atomic E-state index is -4.50. The van der Waals surface area contributed by atoms with E-state index in [4.69, 9.17) is 16.7 Å². The van der Waals surface area contributed by atoms with Crippen LogP contribution in [-0.2, 0) is 0 Å². The first-order valence-electron chi connectivity index (χ1n) is 7.24. The monoisotopic (exact) mass is 510 g/mol. The lowest BCUT2D eigenvalue weighted by Gasteiger charge is -2.18. The van der Waals surface area contributed by atoms with Gasteiger partial charge >= 0.3 is 12.1 Å². The Balaban J connectivity index is 2.42. The first-order valence-corrected chi connectivity index (χ1v) is 9.20. The van der Waals surface area contributed by atoms with Gasteiger partial charge in [0.25, 0.3) is 0 Å². The van der Waals surface area contributed by atoms with E-state index < -0.39 is 18.1 Å². The molecule has 2 rings (SSSR count). The summed E-state index contributed by atoms with van der Waals surface area (Å²) in [7, 11) is 0. The van der Waals surface area contributed by atoms with Crippen molar-refractivity contribution in [1.82, 2.24) is 0 Å². The molecule has 2 aromatic rings. The van der Waals surface area contributed by atoms with E-state index in [1.54, 1.807) is 6.92 Å². The van der Waals surface area contributed by atoms with E-state index in [0.717, 1.165) is 6.08 Å². The first kappa shape index (κ1) is 21.0. The van der Waals surface area contributed by atoms with Gasteiger partial charge in [-0.25, -0.2) is 4.79 Å². The van der Waals surface area contributed by atoms with Crippen molar-refractivity contribution in [2.75, 3.05) is 0 Å². The van der Waals surface area contributed by atoms with Crippen LogP contribution < -0.4 is 0 Å². The Labute approximate surface area is 169 Å². The standard InChI is InChI=1S/C18H12Br2ClF3O2/c1-9-6-10(2-4-12(9)17(25)26)3-5-13(18(22,23)24)11-7-14(19)16(21)15(20)8-11/h2-8,13H,1H3,(H,25,26)/b5-3+. The van der Waals surface area contributed by atoms with E-state index in [0.29, 0.717) is 25.1 Å². The summed E-state index contributed by atoms with van der Waals surface area (Å²) in [4.78, 5) is 11.0. The second-order valence-corrected chi connectivity index (χ2v) is 7.64. The van der Waals surface area contributed by atoms with Crippen molar-refractivity contribution in [3.63, 3.8) is 0 Å². The number of carboxylic acids is 1. The molecule has 2 nitrogen and oxygen atoms in total. The zero-order valence-corrected chi connectivity index (χ0v) is 17.2. The van der Waals surface area contributed by atoms with Gasteiger partial charge in [0.05, 0.1) is 16.5 Å². The van der Waals surface area contributed by atoms with Gasteiger partial charge in [0, 0.05) is 8.95 Å². The van der Waals surface area contributed by atoms with Crippen molar-refractivity contribution in [2.45, 2.75) is 19.0 Å². The Kier molecular flexibility index (Phi) is 6.58. The van der Waals surface area contributed by atoms with Crippen LogP contribution in [0.5, 0.6) is 0 Å². The number of allylic oxidation sites excluding steroid dienone is 1. The van der Waals surface area contributed by atoms with Crippen LogP contribution in [0.2, 0.25) is 5.02 Å². The lowest BCUT2D eigenvalue weighted by atomic mass is 9.96. The summed E-state index contributed by atoms with van der Waals surface area (Å²) in [5.41, 5.74) is 1.09. The Morgan fingerprint density at radius 3 is 2.23 bits per heavy atom. The molecular weight excluding hydrogens is 500 g/mol. The highest BCUT2D eigenvalue weighted by atomic mass is 79.9. The predicted molar refractivity (Wildman–Crippen MR) is 103 cm³/mol. The van der Waals surface area contributed by atoms with Crippen LogP contribution >= 0.6 is 43.5 Å². The van der Waals surface area contributed by atoms with Gasteiger partial charge in [0.15, 0.2) is 0 Å². The van der Waals surface area contributed by atoms with E-state index in [2.05, 4.69) is 31.9 Å². The molecule has 0 aliphatic heterocycles. The normalized spacial score (nSPS) is 13.2. The minimum absolute atomic E-state index is 0.0239. The van der Waals surface area contributed by atoms with Crippen molar-refractivity contribution in [3.8, 4) is 0 Å². The van der Waals surface area contributed by atoms with Gasteiger partial charge in [0.1, 0.15) is 0 Å². The van der Waals surface area contributed by atoms with Crippen LogP contribution in [0.25, 0.3) is 6.08 Å². The Morgan fingerprint density at radius 1 is 1.19 bits per heavy atom. The van der Waals surface area contributed by atoms with Gasteiger partial charge < -0.3 is 5.11 Å². The van der Waals surface area contributed by atoms with Gasteiger partial charge in [-0.3, -0.25) is 0 Å². The fourth-order valence-electron chi connectivity index (χ4n) is 2.40. The smallest absolute Gasteiger partial charge is 0.399 e. The molecule has 1 atom stereocenters. The molecule has 0 radical (unpaired) electrons. The van der Waals surface area contributed by atoms with Crippen molar-refractivity contribution in [1.29, 1.82) is 0 Å². The quantitative estimate of drug-likeness (QED) is 0.439. The summed E-state index contributed by atoms with van der Waals surface area (Å²) in [5, 5.41) is 9.31. The van der Waals surface area contributed by atoms with Gasteiger partial charge in [0.2, 0.25) is 0 Å². The predicted octanol–water partition coefficient (Wildman–Crippen LogP) is 7.23. The number of aryl methyl sites for hydroxylation is 1. The molecule has 138 valence electrons. The Morgan fingerprint density at radius 2 is 1.77 bits per heavy atom. The molecule has 26 heavy (non-hydrogen) atoms. The van der Waals surface area contributed by atoms with Crippen LogP contribution in [0.1, 0.15) is 33.0 Å². The maximum atomic E-state index is 13.5. The maximum absolute atomic E-state index is 13.5. The summed E-state index contributed by atoms with van der Waals surface area (Å²) < 4.78 is 41.3. The molecule has 0 saturated carbocycles. The largest absolute Gasteiger partial charge is 0.478 e. The molecule has 1 unspecified atom stereocenters. The maximum Gasteiger partial charge on any atom is 0.399 e. The second-order valence-electron chi connectivity index (χ2n) is 5.56. The molecule has 2 aromatic carbocycles. The average Bonchev–Trinajstić information content (AvgIpc) is 2.51. The number of carbonyl (C=O) groups is 1. The Bertz CT molecular complexity index is 856. The highest BCUT2D eigenvalue weighted by Crippen LogP contribution is 2.41. The highest BCUT2D eigenvalue weighted by molar-refractivity contribution is 9.11. The molecule has 0 aromatic heterocycles. The highest BCUT2D eigenvalue weighted by Gasteiger charge is 2.39. The molecule has 0 bridgehead atoms. The first-order chi connectivity index (χ1) is 12.0. The van der Waals surface area contributed by atoms with Crippen LogP contribution in [0, 0.1) is 6.92 Å². The van der Waals surface area contributed by atoms with E-state index in [1.165, 1.54) is 36.4 Å². The van der Waals surface area contributed by atoms with E-state index in [9.17, 15) is 18.0 Å². The molecule has 0 spiro atoms. The fraction of sp³-hybridized carbons (Fsp3) is 0.167.